The van der Waals surface area contributed by atoms with Crippen LogP contribution in [-0.4, -0.2) is 8.75 Å². The van der Waals surface area contributed by atoms with Crippen molar-refractivity contribution in [2.24, 2.45) is 11.8 Å². The molecule has 0 N–H and O–H groups in total. The minimum absolute atomic E-state index is 0.170. The summed E-state index contributed by atoms with van der Waals surface area (Å²) in [6, 6.07) is 31.7. The summed E-state index contributed by atoms with van der Waals surface area (Å²) in [5.41, 5.74) is 10.7. The maximum atomic E-state index is 15.3. The van der Waals surface area contributed by atoms with Crippen molar-refractivity contribution in [1.82, 2.24) is 8.75 Å². The van der Waals surface area contributed by atoms with E-state index in [1.165, 1.54) is 56.7 Å². The second-order valence-corrected chi connectivity index (χ2v) is 15.2. The highest BCUT2D eigenvalue weighted by Crippen LogP contribution is 2.37. The Labute approximate surface area is 313 Å². The standard InChI is InChI=1S/C47H52F2N2S/c1-5-8-10-32(4)12-13-34-16-26-40(44(48)30-34)36-18-22-38(23-19-36)42-28-29-43(47-46(42)50-52-51-47)39-24-20-37(21-25-39)41-27-17-35(31-45(41)49)15-14-33(7-3)11-9-6-2/h16-33H,5-15H2,1-4H3. The van der Waals surface area contributed by atoms with Crippen molar-refractivity contribution in [3.05, 3.63) is 120 Å². The van der Waals surface area contributed by atoms with E-state index in [4.69, 9.17) is 0 Å². The molecule has 5 heteroatoms. The van der Waals surface area contributed by atoms with Crippen LogP contribution in [0, 0.1) is 23.5 Å². The fourth-order valence-corrected chi connectivity index (χ4v) is 7.99. The van der Waals surface area contributed by atoms with Gasteiger partial charge in [0.05, 0.1) is 11.7 Å². The quantitative estimate of drug-likeness (QED) is 0.0940. The highest BCUT2D eigenvalue weighted by molar-refractivity contribution is 7.00. The van der Waals surface area contributed by atoms with E-state index in [1.54, 1.807) is 12.1 Å². The predicted molar refractivity (Wildman–Crippen MR) is 218 cm³/mol. The largest absolute Gasteiger partial charge is 0.206 e. The first kappa shape index (κ1) is 37.5. The van der Waals surface area contributed by atoms with Gasteiger partial charge in [0.2, 0.25) is 0 Å². The average Bonchev–Trinajstić information content (AvgIpc) is 3.67. The number of rotatable bonds is 17. The third-order valence-corrected chi connectivity index (χ3v) is 11.4. The second-order valence-electron chi connectivity index (χ2n) is 14.6. The van der Waals surface area contributed by atoms with Crippen molar-refractivity contribution < 1.29 is 8.78 Å². The third-order valence-electron chi connectivity index (χ3n) is 10.9. The van der Waals surface area contributed by atoms with E-state index in [0.29, 0.717) is 23.0 Å². The van der Waals surface area contributed by atoms with E-state index in [0.717, 1.165) is 81.2 Å². The second kappa shape index (κ2) is 18.0. The Hall–Kier alpha value is -4.22. The zero-order chi connectivity index (χ0) is 36.5. The molecule has 0 radical (unpaired) electrons. The summed E-state index contributed by atoms with van der Waals surface area (Å²) in [7, 11) is 0. The van der Waals surface area contributed by atoms with E-state index in [9.17, 15) is 0 Å². The summed E-state index contributed by atoms with van der Waals surface area (Å²) in [6.07, 6.45) is 12.7. The van der Waals surface area contributed by atoms with Crippen molar-refractivity contribution in [3.63, 3.8) is 0 Å². The van der Waals surface area contributed by atoms with Gasteiger partial charge in [0.1, 0.15) is 22.7 Å². The van der Waals surface area contributed by atoms with Crippen LogP contribution in [-0.2, 0) is 12.8 Å². The van der Waals surface area contributed by atoms with Crippen LogP contribution in [0.4, 0.5) is 8.78 Å². The molecule has 0 saturated heterocycles. The van der Waals surface area contributed by atoms with Crippen LogP contribution in [0.25, 0.3) is 55.5 Å². The molecule has 6 rings (SSSR count). The van der Waals surface area contributed by atoms with Gasteiger partial charge in [-0.05, 0) is 83.0 Å². The molecule has 6 aromatic rings. The molecule has 2 unspecified atom stereocenters. The summed E-state index contributed by atoms with van der Waals surface area (Å²) >= 11 is 1.20. The Balaban J connectivity index is 1.15. The number of aromatic nitrogens is 2. The average molecular weight is 715 g/mol. The van der Waals surface area contributed by atoms with Crippen molar-refractivity contribution in [2.45, 2.75) is 98.3 Å². The van der Waals surface area contributed by atoms with Gasteiger partial charge < -0.3 is 0 Å². The van der Waals surface area contributed by atoms with Gasteiger partial charge in [0.25, 0.3) is 0 Å². The molecule has 0 saturated carbocycles. The summed E-state index contributed by atoms with van der Waals surface area (Å²) in [4.78, 5) is 0. The van der Waals surface area contributed by atoms with Crippen LogP contribution >= 0.6 is 11.7 Å². The van der Waals surface area contributed by atoms with E-state index < -0.39 is 0 Å². The normalized spacial score (nSPS) is 12.7. The highest BCUT2D eigenvalue weighted by Gasteiger charge is 2.16. The van der Waals surface area contributed by atoms with Crippen molar-refractivity contribution in [3.8, 4) is 44.5 Å². The number of aryl methyl sites for hydroxylation is 2. The summed E-state index contributed by atoms with van der Waals surface area (Å²) in [6.45, 7) is 9.02. The van der Waals surface area contributed by atoms with Gasteiger partial charge in [-0.3, -0.25) is 0 Å². The van der Waals surface area contributed by atoms with Crippen molar-refractivity contribution in [1.29, 1.82) is 0 Å². The van der Waals surface area contributed by atoms with Gasteiger partial charge in [0, 0.05) is 22.3 Å². The SMILES string of the molecule is CCCCC(C)CCc1ccc(-c2ccc(-c3ccc(-c4ccc(-c5ccc(CCC(CC)CCCC)cc5F)cc4)c4nsnc34)cc2)c(F)c1. The topological polar surface area (TPSA) is 25.8 Å². The zero-order valence-electron chi connectivity index (χ0n) is 31.2. The van der Waals surface area contributed by atoms with E-state index >= 15 is 8.78 Å². The van der Waals surface area contributed by atoms with Gasteiger partial charge in [-0.1, -0.05) is 158 Å². The molecular formula is C47H52F2N2S. The van der Waals surface area contributed by atoms with Gasteiger partial charge in [0.15, 0.2) is 0 Å². The van der Waals surface area contributed by atoms with Crippen molar-refractivity contribution >= 4 is 22.8 Å². The van der Waals surface area contributed by atoms with E-state index in [2.05, 4.69) is 60.7 Å². The van der Waals surface area contributed by atoms with Gasteiger partial charge in [-0.25, -0.2) is 8.78 Å². The molecule has 1 heterocycles. The number of hydrogen-bond donors (Lipinski definition) is 0. The molecule has 52 heavy (non-hydrogen) atoms. The van der Waals surface area contributed by atoms with Gasteiger partial charge in [-0.2, -0.15) is 8.75 Å². The Kier molecular flexibility index (Phi) is 13.0. The van der Waals surface area contributed by atoms with Gasteiger partial charge in [-0.15, -0.1) is 0 Å². The highest BCUT2D eigenvalue weighted by atomic mass is 32.1. The minimum atomic E-state index is -0.175. The molecule has 0 aliphatic heterocycles. The number of nitrogens with zero attached hydrogens (tertiary/aromatic N) is 2. The molecule has 1 aromatic heterocycles. The fraction of sp³-hybridized carbons (Fsp3) is 0.362. The number of halogens is 2. The molecule has 2 nitrogen and oxygen atoms in total. The number of benzene rings is 5. The van der Waals surface area contributed by atoms with E-state index in [-0.39, 0.29) is 11.6 Å². The summed E-state index contributed by atoms with van der Waals surface area (Å²) in [5.74, 6) is 1.02. The lowest BCUT2D eigenvalue weighted by Crippen LogP contribution is -2.01. The first-order chi connectivity index (χ1) is 25.4. The molecule has 0 spiro atoms. The summed E-state index contributed by atoms with van der Waals surface area (Å²) in [5, 5.41) is 0. The maximum Gasteiger partial charge on any atom is 0.131 e. The Morgan fingerprint density at radius 1 is 0.519 bits per heavy atom. The molecule has 0 bridgehead atoms. The molecule has 0 aliphatic carbocycles. The first-order valence-corrected chi connectivity index (χ1v) is 20.1. The van der Waals surface area contributed by atoms with Gasteiger partial charge >= 0.3 is 0 Å². The third kappa shape index (κ3) is 9.04. The lowest BCUT2D eigenvalue weighted by Gasteiger charge is -2.14. The molecule has 270 valence electrons. The lowest BCUT2D eigenvalue weighted by molar-refractivity contribution is 0.421. The van der Waals surface area contributed by atoms with Crippen LogP contribution < -0.4 is 0 Å². The molecule has 5 aromatic carbocycles. The minimum Gasteiger partial charge on any atom is -0.206 e. The van der Waals surface area contributed by atoms with Crippen LogP contribution in [0.15, 0.2) is 97.1 Å². The van der Waals surface area contributed by atoms with Crippen LogP contribution in [0.2, 0.25) is 0 Å². The Morgan fingerprint density at radius 2 is 0.942 bits per heavy atom. The fourth-order valence-electron chi connectivity index (χ4n) is 7.41. The first-order valence-electron chi connectivity index (χ1n) is 19.4. The lowest BCUT2D eigenvalue weighted by atomic mass is 9.91. The monoisotopic (exact) mass is 714 g/mol. The van der Waals surface area contributed by atoms with Crippen LogP contribution in [0.3, 0.4) is 0 Å². The van der Waals surface area contributed by atoms with Crippen molar-refractivity contribution in [2.75, 3.05) is 0 Å². The molecular weight excluding hydrogens is 663 g/mol. The number of unbranched alkanes of at least 4 members (excludes halogenated alkanes) is 2. The Morgan fingerprint density at radius 3 is 1.38 bits per heavy atom. The maximum absolute atomic E-state index is 15.3. The molecule has 0 aliphatic rings. The number of hydrogen-bond acceptors (Lipinski definition) is 3. The smallest absolute Gasteiger partial charge is 0.131 e. The van der Waals surface area contributed by atoms with Crippen LogP contribution in [0.1, 0.15) is 96.6 Å². The number of fused-ring (bicyclic) bond motifs is 1. The van der Waals surface area contributed by atoms with Crippen LogP contribution in [0.5, 0.6) is 0 Å². The van der Waals surface area contributed by atoms with E-state index in [1.807, 2.05) is 60.7 Å². The molecule has 0 fully saturated rings. The molecule has 2 atom stereocenters. The molecule has 0 amide bonds. The Bertz CT molecular complexity index is 2050. The zero-order valence-corrected chi connectivity index (χ0v) is 32.0. The predicted octanol–water partition coefficient (Wildman–Crippen LogP) is 14.5. The summed E-state index contributed by atoms with van der Waals surface area (Å²) < 4.78 is 40.0.